The van der Waals surface area contributed by atoms with Gasteiger partial charge in [-0.05, 0) is 20.8 Å². The van der Waals surface area contributed by atoms with E-state index in [9.17, 15) is 0 Å². The first-order chi connectivity index (χ1) is 9.61. The van der Waals surface area contributed by atoms with E-state index in [0.29, 0.717) is 6.04 Å². The van der Waals surface area contributed by atoms with Crippen molar-refractivity contribution < 1.29 is 0 Å². The molecule has 5 nitrogen and oxygen atoms in total. The molecular weight excluding hydrogens is 250 g/mol. The molecule has 0 saturated heterocycles. The molecule has 2 aromatic heterocycles. The zero-order valence-electron chi connectivity index (χ0n) is 12.4. The molecule has 0 atom stereocenters. The fourth-order valence-corrected chi connectivity index (χ4v) is 2.61. The van der Waals surface area contributed by atoms with E-state index in [1.165, 1.54) is 16.8 Å². The Balaban J connectivity index is 1.69. The lowest BCUT2D eigenvalue weighted by Gasteiger charge is -2.27. The number of aryl methyl sites for hydroxylation is 1. The molecule has 0 N–H and O–H groups in total. The molecule has 1 aliphatic rings. The van der Waals surface area contributed by atoms with Crippen LogP contribution in [0, 0.1) is 6.92 Å². The Morgan fingerprint density at radius 1 is 1.30 bits per heavy atom. The molecule has 0 aromatic carbocycles. The van der Waals surface area contributed by atoms with E-state index in [2.05, 4.69) is 40.0 Å². The summed E-state index contributed by atoms with van der Waals surface area (Å²) in [5, 5.41) is 4.40. The van der Waals surface area contributed by atoms with Gasteiger partial charge in [-0.2, -0.15) is 5.10 Å². The topological polar surface area (TPSA) is 46.8 Å². The van der Waals surface area contributed by atoms with Gasteiger partial charge in [-0.1, -0.05) is 0 Å². The molecule has 2 aromatic rings. The Morgan fingerprint density at radius 3 is 2.90 bits per heavy atom. The second kappa shape index (κ2) is 5.32. The molecule has 1 aliphatic heterocycles. The van der Waals surface area contributed by atoms with Gasteiger partial charge in [0.05, 0.1) is 6.20 Å². The van der Waals surface area contributed by atoms with Gasteiger partial charge in [-0.25, -0.2) is 9.97 Å². The predicted molar refractivity (Wildman–Crippen MR) is 77.2 cm³/mol. The van der Waals surface area contributed by atoms with Gasteiger partial charge in [0, 0.05) is 61.3 Å². The van der Waals surface area contributed by atoms with E-state index in [-0.39, 0.29) is 0 Å². The van der Waals surface area contributed by atoms with E-state index in [1.807, 2.05) is 24.0 Å². The Morgan fingerprint density at radius 2 is 2.15 bits per heavy atom. The van der Waals surface area contributed by atoms with Crippen molar-refractivity contribution in [2.45, 2.75) is 46.3 Å². The minimum atomic E-state index is 0.419. The minimum Gasteiger partial charge on any atom is -0.294 e. The number of hydrogen-bond acceptors (Lipinski definition) is 4. The van der Waals surface area contributed by atoms with Crippen LogP contribution in [0.15, 0.2) is 18.6 Å². The van der Waals surface area contributed by atoms with E-state index in [4.69, 9.17) is 0 Å². The largest absolute Gasteiger partial charge is 0.294 e. The Labute approximate surface area is 119 Å². The van der Waals surface area contributed by atoms with Crippen LogP contribution in [0.1, 0.15) is 42.5 Å². The van der Waals surface area contributed by atoms with Crippen LogP contribution in [0.25, 0.3) is 0 Å². The molecule has 0 fully saturated rings. The van der Waals surface area contributed by atoms with Crippen molar-refractivity contribution in [3.05, 3.63) is 41.2 Å². The van der Waals surface area contributed by atoms with Gasteiger partial charge >= 0.3 is 0 Å². The maximum atomic E-state index is 4.53. The van der Waals surface area contributed by atoms with Crippen LogP contribution in [0.3, 0.4) is 0 Å². The van der Waals surface area contributed by atoms with Crippen LogP contribution in [-0.2, 0) is 19.5 Å². The highest BCUT2D eigenvalue weighted by molar-refractivity contribution is 5.20. The van der Waals surface area contributed by atoms with Crippen molar-refractivity contribution in [2.24, 2.45) is 0 Å². The van der Waals surface area contributed by atoms with Gasteiger partial charge in [-0.15, -0.1) is 0 Å². The molecule has 0 amide bonds. The summed E-state index contributed by atoms with van der Waals surface area (Å²) in [5.74, 6) is 0.871. The number of rotatable bonds is 3. The summed E-state index contributed by atoms with van der Waals surface area (Å²) in [6.07, 6.45) is 7.10. The highest BCUT2D eigenvalue weighted by Crippen LogP contribution is 2.18. The van der Waals surface area contributed by atoms with Crippen molar-refractivity contribution >= 4 is 0 Å². The molecule has 0 saturated carbocycles. The average Bonchev–Trinajstić information content (AvgIpc) is 2.88. The predicted octanol–water partition coefficient (Wildman–Crippen LogP) is 2.12. The Bertz CT molecular complexity index is 602. The summed E-state index contributed by atoms with van der Waals surface area (Å²) < 4.78 is 2.01. The van der Waals surface area contributed by atoms with Crippen LogP contribution in [-0.4, -0.2) is 31.2 Å². The van der Waals surface area contributed by atoms with Gasteiger partial charge in [0.15, 0.2) is 0 Å². The number of fused-ring (bicyclic) bond motifs is 1. The lowest BCUT2D eigenvalue weighted by atomic mass is 10.1. The van der Waals surface area contributed by atoms with Crippen molar-refractivity contribution in [1.82, 2.24) is 24.6 Å². The van der Waals surface area contributed by atoms with Crippen molar-refractivity contribution in [2.75, 3.05) is 6.54 Å². The zero-order valence-corrected chi connectivity index (χ0v) is 12.4. The third-order valence-electron chi connectivity index (χ3n) is 3.72. The molecule has 0 radical (unpaired) electrons. The molecule has 0 unspecified atom stereocenters. The third-order valence-corrected chi connectivity index (χ3v) is 3.72. The number of hydrogen-bond donors (Lipinski definition) is 0. The van der Waals surface area contributed by atoms with Crippen LogP contribution < -0.4 is 0 Å². The summed E-state index contributed by atoms with van der Waals surface area (Å²) in [6, 6.07) is 0.419. The van der Waals surface area contributed by atoms with Gasteiger partial charge in [0.2, 0.25) is 0 Å². The summed E-state index contributed by atoms with van der Waals surface area (Å²) in [5.41, 5.74) is 3.75. The van der Waals surface area contributed by atoms with Crippen LogP contribution in [0.4, 0.5) is 0 Å². The van der Waals surface area contributed by atoms with E-state index >= 15 is 0 Å². The molecular formula is C15H21N5. The molecule has 0 spiro atoms. The average molecular weight is 271 g/mol. The first kappa shape index (κ1) is 13.2. The molecule has 0 bridgehead atoms. The van der Waals surface area contributed by atoms with Crippen molar-refractivity contribution in [1.29, 1.82) is 0 Å². The lowest BCUT2D eigenvalue weighted by Crippen LogP contribution is -2.30. The van der Waals surface area contributed by atoms with Gasteiger partial charge in [-0.3, -0.25) is 9.58 Å². The summed E-state index contributed by atoms with van der Waals surface area (Å²) in [7, 11) is 0. The smallest absolute Gasteiger partial charge is 0.125 e. The standard InChI is InChI=1S/C15H21N5/c1-11(2)20-9-13(6-17-20)8-19-5-4-15-14(10-19)7-16-12(3)18-15/h6-7,9,11H,4-5,8,10H2,1-3H3. The van der Waals surface area contributed by atoms with Crippen molar-refractivity contribution in [3.63, 3.8) is 0 Å². The second-order valence-electron chi connectivity index (χ2n) is 5.77. The normalized spacial score (nSPS) is 15.6. The third kappa shape index (κ3) is 2.72. The maximum absolute atomic E-state index is 4.53. The summed E-state index contributed by atoms with van der Waals surface area (Å²) in [6.45, 7) is 9.17. The minimum absolute atomic E-state index is 0.419. The molecule has 106 valence electrons. The van der Waals surface area contributed by atoms with Crippen LogP contribution in [0.5, 0.6) is 0 Å². The summed E-state index contributed by atoms with van der Waals surface area (Å²) in [4.78, 5) is 11.3. The highest BCUT2D eigenvalue weighted by atomic mass is 15.3. The first-order valence-electron chi connectivity index (χ1n) is 7.18. The molecule has 5 heteroatoms. The molecule has 20 heavy (non-hydrogen) atoms. The lowest BCUT2D eigenvalue weighted by molar-refractivity contribution is 0.242. The maximum Gasteiger partial charge on any atom is 0.125 e. The fourth-order valence-electron chi connectivity index (χ4n) is 2.61. The highest BCUT2D eigenvalue weighted by Gasteiger charge is 2.18. The monoisotopic (exact) mass is 271 g/mol. The second-order valence-corrected chi connectivity index (χ2v) is 5.77. The SMILES string of the molecule is Cc1ncc2c(n1)CCN(Cc1cnn(C(C)C)c1)C2. The Hall–Kier alpha value is -1.75. The van der Waals surface area contributed by atoms with Gasteiger partial charge in [0.1, 0.15) is 5.82 Å². The zero-order chi connectivity index (χ0) is 14.1. The van der Waals surface area contributed by atoms with Crippen LogP contribution >= 0.6 is 0 Å². The van der Waals surface area contributed by atoms with E-state index in [1.54, 1.807) is 0 Å². The molecule has 0 aliphatic carbocycles. The van der Waals surface area contributed by atoms with Gasteiger partial charge < -0.3 is 0 Å². The quantitative estimate of drug-likeness (QED) is 0.858. The number of nitrogens with zero attached hydrogens (tertiary/aromatic N) is 5. The molecule has 3 rings (SSSR count). The van der Waals surface area contributed by atoms with Crippen molar-refractivity contribution in [3.8, 4) is 0 Å². The van der Waals surface area contributed by atoms with E-state index in [0.717, 1.165) is 31.9 Å². The van der Waals surface area contributed by atoms with E-state index < -0.39 is 0 Å². The van der Waals surface area contributed by atoms with Gasteiger partial charge in [0.25, 0.3) is 0 Å². The fraction of sp³-hybridized carbons (Fsp3) is 0.533. The number of aromatic nitrogens is 4. The Kier molecular flexibility index (Phi) is 3.53. The van der Waals surface area contributed by atoms with Crippen LogP contribution in [0.2, 0.25) is 0 Å². The summed E-state index contributed by atoms with van der Waals surface area (Å²) >= 11 is 0. The first-order valence-corrected chi connectivity index (χ1v) is 7.18. The molecule has 3 heterocycles.